The molecular weight excluding hydrogens is 226 g/mol. The highest BCUT2D eigenvalue weighted by atomic mass is 35.5. The van der Waals surface area contributed by atoms with Gasteiger partial charge in [0.05, 0.1) is 0 Å². The number of nitrogens with zero attached hydrogens (tertiary/aromatic N) is 1. The molecule has 16 heavy (non-hydrogen) atoms. The molecule has 0 aliphatic heterocycles. The quantitative estimate of drug-likeness (QED) is 0.611. The molecule has 0 aliphatic rings. The lowest BCUT2D eigenvalue weighted by molar-refractivity contribution is 0.256. The normalized spacial score (nSPS) is 12.6. The molecule has 0 fully saturated rings. The molecular formula is C11H12ClN3O. The lowest BCUT2D eigenvalue weighted by Gasteiger charge is -2.03. The molecule has 0 radical (unpaired) electrons. The van der Waals surface area contributed by atoms with Gasteiger partial charge in [-0.3, -0.25) is 0 Å². The SMILES string of the molecule is CC(=CC(N)=NC(N)=O)c1ccccc1Cl. The average molecular weight is 238 g/mol. The van der Waals surface area contributed by atoms with Gasteiger partial charge in [0.2, 0.25) is 0 Å². The van der Waals surface area contributed by atoms with Gasteiger partial charge in [-0.2, -0.15) is 4.99 Å². The first-order valence-electron chi connectivity index (χ1n) is 4.57. The van der Waals surface area contributed by atoms with E-state index in [2.05, 4.69) is 4.99 Å². The van der Waals surface area contributed by atoms with Crippen molar-refractivity contribution in [2.75, 3.05) is 0 Å². The molecule has 0 aromatic heterocycles. The van der Waals surface area contributed by atoms with E-state index in [0.29, 0.717) is 5.02 Å². The Bertz CT molecular complexity index is 466. The Morgan fingerprint density at radius 2 is 2.00 bits per heavy atom. The Morgan fingerprint density at radius 3 is 2.56 bits per heavy atom. The number of amides is 2. The van der Waals surface area contributed by atoms with E-state index in [9.17, 15) is 4.79 Å². The van der Waals surface area contributed by atoms with Crippen LogP contribution < -0.4 is 11.5 Å². The smallest absolute Gasteiger partial charge is 0.340 e. The van der Waals surface area contributed by atoms with Crippen LogP contribution in [0.4, 0.5) is 4.79 Å². The summed E-state index contributed by atoms with van der Waals surface area (Å²) in [6.45, 7) is 1.82. The van der Waals surface area contributed by atoms with Crippen LogP contribution in [0, 0.1) is 0 Å². The molecule has 1 rings (SSSR count). The van der Waals surface area contributed by atoms with Crippen molar-refractivity contribution >= 4 is 29.0 Å². The first-order valence-corrected chi connectivity index (χ1v) is 4.95. The standard InChI is InChI=1S/C11H12ClN3O/c1-7(6-10(13)15-11(14)16)8-4-2-3-5-9(8)12/h2-6H,1H3,(H4,13,14,15,16). The topological polar surface area (TPSA) is 81.5 Å². The average Bonchev–Trinajstić information content (AvgIpc) is 2.16. The van der Waals surface area contributed by atoms with E-state index in [1.54, 1.807) is 12.1 Å². The van der Waals surface area contributed by atoms with Crippen molar-refractivity contribution in [3.63, 3.8) is 0 Å². The maximum absolute atomic E-state index is 10.5. The van der Waals surface area contributed by atoms with Crippen molar-refractivity contribution in [3.05, 3.63) is 40.9 Å². The van der Waals surface area contributed by atoms with Gasteiger partial charge in [-0.05, 0) is 30.2 Å². The highest BCUT2D eigenvalue weighted by Crippen LogP contribution is 2.22. The predicted octanol–water partition coefficient (Wildman–Crippen LogP) is 2.18. The molecule has 0 saturated heterocycles. The zero-order valence-electron chi connectivity index (χ0n) is 8.77. The summed E-state index contributed by atoms with van der Waals surface area (Å²) in [4.78, 5) is 13.9. The molecule has 84 valence electrons. The number of halogens is 1. The van der Waals surface area contributed by atoms with E-state index < -0.39 is 6.03 Å². The predicted molar refractivity (Wildman–Crippen MR) is 66.3 cm³/mol. The molecule has 0 unspecified atom stereocenters. The number of rotatable bonds is 2. The molecule has 1 aromatic rings. The second-order valence-corrected chi connectivity index (χ2v) is 3.59. The summed E-state index contributed by atoms with van der Waals surface area (Å²) in [6, 6.07) is 6.50. The minimum absolute atomic E-state index is 0.0601. The van der Waals surface area contributed by atoms with Gasteiger partial charge in [-0.15, -0.1) is 0 Å². The second-order valence-electron chi connectivity index (χ2n) is 3.18. The third kappa shape index (κ3) is 3.40. The van der Waals surface area contributed by atoms with Crippen molar-refractivity contribution < 1.29 is 4.79 Å². The Balaban J connectivity index is 3.03. The van der Waals surface area contributed by atoms with Crippen LogP contribution in [0.15, 0.2) is 35.3 Å². The lowest BCUT2D eigenvalue weighted by atomic mass is 10.1. The van der Waals surface area contributed by atoms with Crippen molar-refractivity contribution in [2.45, 2.75) is 6.92 Å². The van der Waals surface area contributed by atoms with E-state index in [1.165, 1.54) is 0 Å². The highest BCUT2D eigenvalue weighted by Gasteiger charge is 2.01. The molecule has 0 spiro atoms. The van der Waals surface area contributed by atoms with Crippen LogP contribution in [0.3, 0.4) is 0 Å². The van der Waals surface area contributed by atoms with E-state index in [-0.39, 0.29) is 5.84 Å². The van der Waals surface area contributed by atoms with Crippen LogP contribution in [0.1, 0.15) is 12.5 Å². The third-order valence-electron chi connectivity index (χ3n) is 1.90. The van der Waals surface area contributed by atoms with Gasteiger partial charge in [0, 0.05) is 5.02 Å². The number of nitrogens with two attached hydrogens (primary N) is 2. The Morgan fingerprint density at radius 1 is 1.38 bits per heavy atom. The largest absolute Gasteiger partial charge is 0.384 e. The van der Waals surface area contributed by atoms with Crippen molar-refractivity contribution in [1.29, 1.82) is 0 Å². The fourth-order valence-electron chi connectivity index (χ4n) is 1.24. The summed E-state index contributed by atoms with van der Waals surface area (Å²) in [5.74, 6) is 0.0601. The molecule has 4 nitrogen and oxygen atoms in total. The number of allylic oxidation sites excluding steroid dienone is 1. The number of urea groups is 1. The van der Waals surface area contributed by atoms with Gasteiger partial charge in [0.15, 0.2) is 0 Å². The van der Waals surface area contributed by atoms with Gasteiger partial charge in [0.1, 0.15) is 5.84 Å². The lowest BCUT2D eigenvalue weighted by Crippen LogP contribution is -2.15. The van der Waals surface area contributed by atoms with E-state index in [0.717, 1.165) is 11.1 Å². The number of primary amides is 1. The Labute approximate surface area is 98.6 Å². The number of benzene rings is 1. The zero-order chi connectivity index (χ0) is 12.1. The molecule has 4 N–H and O–H groups in total. The minimum atomic E-state index is -0.819. The maximum Gasteiger partial charge on any atom is 0.340 e. The fraction of sp³-hybridized carbons (Fsp3) is 0.0909. The minimum Gasteiger partial charge on any atom is -0.384 e. The molecule has 2 amide bonds. The van der Waals surface area contributed by atoms with Gasteiger partial charge in [-0.25, -0.2) is 4.79 Å². The molecule has 1 aromatic carbocycles. The number of hydrogen-bond acceptors (Lipinski definition) is 1. The summed E-state index contributed by atoms with van der Waals surface area (Å²) in [6.07, 6.45) is 1.55. The number of hydrogen-bond donors (Lipinski definition) is 2. The molecule has 0 bridgehead atoms. The molecule has 0 saturated carbocycles. The van der Waals surface area contributed by atoms with E-state index in [4.69, 9.17) is 23.1 Å². The van der Waals surface area contributed by atoms with Crippen LogP contribution >= 0.6 is 11.6 Å². The summed E-state index contributed by atoms with van der Waals surface area (Å²) >= 11 is 6.00. The van der Waals surface area contributed by atoms with Crippen LogP contribution in [0.25, 0.3) is 5.57 Å². The third-order valence-corrected chi connectivity index (χ3v) is 2.23. The monoisotopic (exact) mass is 237 g/mol. The van der Waals surface area contributed by atoms with Gasteiger partial charge >= 0.3 is 6.03 Å². The summed E-state index contributed by atoms with van der Waals surface area (Å²) in [5, 5.41) is 0.614. The Hall–Kier alpha value is -1.81. The molecule has 5 heteroatoms. The van der Waals surface area contributed by atoms with Crippen LogP contribution in [-0.2, 0) is 0 Å². The first-order chi connectivity index (χ1) is 7.50. The van der Waals surface area contributed by atoms with Crippen molar-refractivity contribution in [2.24, 2.45) is 16.5 Å². The van der Waals surface area contributed by atoms with E-state index in [1.807, 2.05) is 25.1 Å². The molecule has 0 heterocycles. The molecule has 0 atom stereocenters. The van der Waals surface area contributed by atoms with Gasteiger partial charge in [0.25, 0.3) is 0 Å². The van der Waals surface area contributed by atoms with Gasteiger partial charge in [-0.1, -0.05) is 29.8 Å². The maximum atomic E-state index is 10.5. The van der Waals surface area contributed by atoms with Crippen LogP contribution in [-0.4, -0.2) is 11.9 Å². The number of amidine groups is 1. The number of carbonyl (C=O) groups excluding carboxylic acids is 1. The summed E-state index contributed by atoms with van der Waals surface area (Å²) in [7, 11) is 0. The second kappa shape index (κ2) is 5.32. The Kier molecular flexibility index (Phi) is 4.08. The van der Waals surface area contributed by atoms with Crippen LogP contribution in [0.5, 0.6) is 0 Å². The van der Waals surface area contributed by atoms with Crippen molar-refractivity contribution in [1.82, 2.24) is 0 Å². The van der Waals surface area contributed by atoms with Gasteiger partial charge < -0.3 is 11.5 Å². The molecule has 0 aliphatic carbocycles. The highest BCUT2D eigenvalue weighted by molar-refractivity contribution is 6.32. The fourth-order valence-corrected chi connectivity index (χ4v) is 1.52. The summed E-state index contributed by atoms with van der Waals surface area (Å²) < 4.78 is 0. The first kappa shape index (κ1) is 12.3. The zero-order valence-corrected chi connectivity index (χ0v) is 9.53. The van der Waals surface area contributed by atoms with Crippen molar-refractivity contribution in [3.8, 4) is 0 Å². The summed E-state index contributed by atoms with van der Waals surface area (Å²) in [5.41, 5.74) is 12.0. The van der Waals surface area contributed by atoms with E-state index >= 15 is 0 Å². The van der Waals surface area contributed by atoms with Crippen LogP contribution in [0.2, 0.25) is 5.02 Å². The number of carbonyl (C=O) groups is 1. The number of aliphatic imine (C=N–C) groups is 1.